The summed E-state index contributed by atoms with van der Waals surface area (Å²) in [5.74, 6) is -8.00. The first kappa shape index (κ1) is 36.2. The lowest BCUT2D eigenvalue weighted by molar-refractivity contribution is -0.144. The Bertz CT molecular complexity index is 929. The van der Waals surface area contributed by atoms with Gasteiger partial charge in [-0.15, -0.1) is 0 Å². The number of carboxylic acid groups (broad SMARTS) is 2. The Morgan fingerprint density at radius 1 is 0.750 bits per heavy atom. The summed E-state index contributed by atoms with van der Waals surface area (Å²) < 4.78 is 0. The number of carbonyl (C=O) groups excluding carboxylic acids is 5. The summed E-state index contributed by atoms with van der Waals surface area (Å²) in [5.41, 5.74) is 10.7. The molecule has 0 saturated heterocycles. The fourth-order valence-corrected chi connectivity index (χ4v) is 3.30. The third-order valence-electron chi connectivity index (χ3n) is 5.97. The number of carboxylic acids is 2. The summed E-state index contributed by atoms with van der Waals surface area (Å²) in [4.78, 5) is 84.1. The molecule has 12 N–H and O–H groups in total. The van der Waals surface area contributed by atoms with Crippen molar-refractivity contribution >= 4 is 41.5 Å². The zero-order valence-corrected chi connectivity index (χ0v) is 22.6. The number of hydrogen-bond donors (Lipinski definition) is 10. The number of carbonyl (C=O) groups is 7. The highest BCUT2D eigenvalue weighted by atomic mass is 16.4. The molecule has 0 bridgehead atoms. The van der Waals surface area contributed by atoms with Gasteiger partial charge in [0, 0.05) is 12.8 Å². The summed E-state index contributed by atoms with van der Waals surface area (Å²) in [6.45, 7) is 3.45. The van der Waals surface area contributed by atoms with Crippen LogP contribution >= 0.6 is 0 Å². The van der Waals surface area contributed by atoms with Gasteiger partial charge in [-0.05, 0) is 25.7 Å². The van der Waals surface area contributed by atoms with E-state index in [1.807, 2.05) is 0 Å². The molecule has 0 saturated carbocycles. The third kappa shape index (κ3) is 12.8. The Morgan fingerprint density at radius 3 is 1.73 bits per heavy atom. The number of nitrogens with two attached hydrogens (primary N) is 2. The molecule has 0 aliphatic carbocycles. The number of primary amides is 1. The Kier molecular flexibility index (Phi) is 16.0. The number of aliphatic carboxylic acids is 2. The lowest BCUT2D eigenvalue weighted by atomic mass is 9.99. The van der Waals surface area contributed by atoms with Crippen molar-refractivity contribution in [2.24, 2.45) is 17.4 Å². The lowest BCUT2D eigenvalue weighted by Gasteiger charge is -2.27. The van der Waals surface area contributed by atoms with Crippen LogP contribution in [0.2, 0.25) is 0 Å². The van der Waals surface area contributed by atoms with Gasteiger partial charge >= 0.3 is 11.9 Å². The molecule has 0 heterocycles. The maximum Gasteiger partial charge on any atom is 0.326 e. The van der Waals surface area contributed by atoms with Crippen LogP contribution in [-0.4, -0.2) is 105 Å². The van der Waals surface area contributed by atoms with E-state index in [9.17, 15) is 48.9 Å². The standard InChI is InChI=1S/C23H40N6O11/c1-4-10(2)17(23(39)40)28-21(37)14(9-30)27-22(38)18(11(3)31)29-20(36)13(6-8-16(33)34)26-19(35)12(24)5-7-15(25)32/h10-14,17-18,30-31H,4-9,24H2,1-3H3,(H2,25,32)(H,26,35)(H,27,38)(H,28,37)(H,29,36)(H,33,34)(H,39,40)/t10-,11+,12-,13-,14-,17-,18-/m0/s1. The monoisotopic (exact) mass is 576 g/mol. The van der Waals surface area contributed by atoms with E-state index in [-0.39, 0.29) is 12.8 Å². The minimum absolute atomic E-state index is 0.155. The lowest BCUT2D eigenvalue weighted by Crippen LogP contribution is -2.61. The largest absolute Gasteiger partial charge is 0.481 e. The minimum atomic E-state index is -1.74. The first-order valence-corrected chi connectivity index (χ1v) is 12.5. The topological polar surface area (TPSA) is 301 Å². The average Bonchev–Trinajstić information content (AvgIpc) is 2.87. The second kappa shape index (κ2) is 17.7. The van der Waals surface area contributed by atoms with Crippen LogP contribution < -0.4 is 32.7 Å². The number of aliphatic hydroxyl groups excluding tert-OH is 2. The zero-order valence-electron chi connectivity index (χ0n) is 22.6. The zero-order chi connectivity index (χ0) is 31.2. The first-order chi connectivity index (χ1) is 18.5. The molecule has 228 valence electrons. The van der Waals surface area contributed by atoms with Crippen molar-refractivity contribution in [3.05, 3.63) is 0 Å². The van der Waals surface area contributed by atoms with Crippen LogP contribution in [0.4, 0.5) is 0 Å². The van der Waals surface area contributed by atoms with Crippen molar-refractivity contribution < 1.29 is 54.0 Å². The second-order valence-corrected chi connectivity index (χ2v) is 9.29. The van der Waals surface area contributed by atoms with Gasteiger partial charge in [-0.3, -0.25) is 28.8 Å². The molecule has 0 unspecified atom stereocenters. The highest BCUT2D eigenvalue weighted by molar-refractivity contribution is 5.96. The van der Waals surface area contributed by atoms with E-state index in [0.29, 0.717) is 6.42 Å². The molecular formula is C23H40N6O11. The van der Waals surface area contributed by atoms with E-state index in [4.69, 9.17) is 16.6 Å². The third-order valence-corrected chi connectivity index (χ3v) is 5.97. The van der Waals surface area contributed by atoms with Crippen LogP contribution in [0, 0.1) is 5.92 Å². The Balaban J connectivity index is 5.63. The fraction of sp³-hybridized carbons (Fsp3) is 0.696. The second-order valence-electron chi connectivity index (χ2n) is 9.29. The molecule has 0 aromatic heterocycles. The van der Waals surface area contributed by atoms with Crippen LogP contribution in [0.3, 0.4) is 0 Å². The maximum atomic E-state index is 12.9. The van der Waals surface area contributed by atoms with Crippen LogP contribution in [-0.2, 0) is 33.6 Å². The molecule has 17 heteroatoms. The summed E-state index contributed by atoms with van der Waals surface area (Å²) in [6.07, 6.45) is -2.57. The van der Waals surface area contributed by atoms with Gasteiger partial charge in [-0.2, -0.15) is 0 Å². The SMILES string of the molecule is CC[C@H](C)[C@H](NC(=O)[C@H](CO)NC(=O)[C@@H](NC(=O)[C@H](CCC(=O)O)NC(=O)[C@@H](N)CCC(N)=O)[C@@H](C)O)C(=O)O. The van der Waals surface area contributed by atoms with E-state index in [2.05, 4.69) is 21.3 Å². The number of hydrogen-bond acceptors (Lipinski definition) is 10. The molecular weight excluding hydrogens is 536 g/mol. The molecule has 17 nitrogen and oxygen atoms in total. The van der Waals surface area contributed by atoms with Gasteiger partial charge < -0.3 is 53.2 Å². The predicted molar refractivity (Wildman–Crippen MR) is 137 cm³/mol. The number of rotatable bonds is 19. The summed E-state index contributed by atoms with van der Waals surface area (Å²) in [5, 5.41) is 46.8. The van der Waals surface area contributed by atoms with E-state index >= 15 is 0 Å². The van der Waals surface area contributed by atoms with Crippen molar-refractivity contribution in [1.82, 2.24) is 21.3 Å². The Morgan fingerprint density at radius 2 is 1.27 bits per heavy atom. The quantitative estimate of drug-likeness (QED) is 0.0701. The smallest absolute Gasteiger partial charge is 0.326 e. The molecule has 0 spiro atoms. The normalized spacial score (nSPS) is 16.1. The highest BCUT2D eigenvalue weighted by Gasteiger charge is 2.34. The molecule has 0 aromatic rings. The van der Waals surface area contributed by atoms with Gasteiger partial charge in [0.1, 0.15) is 24.2 Å². The first-order valence-electron chi connectivity index (χ1n) is 12.5. The molecule has 0 aliphatic rings. The van der Waals surface area contributed by atoms with Crippen LogP contribution in [0.15, 0.2) is 0 Å². The van der Waals surface area contributed by atoms with Crippen molar-refractivity contribution in [3.63, 3.8) is 0 Å². The van der Waals surface area contributed by atoms with Gasteiger partial charge in [0.15, 0.2) is 0 Å². The van der Waals surface area contributed by atoms with Crippen LogP contribution in [0.1, 0.15) is 52.9 Å². The average molecular weight is 577 g/mol. The molecule has 40 heavy (non-hydrogen) atoms. The van der Waals surface area contributed by atoms with Crippen molar-refractivity contribution in [3.8, 4) is 0 Å². The molecule has 0 rings (SSSR count). The summed E-state index contributed by atoms with van der Waals surface area (Å²) >= 11 is 0. The van der Waals surface area contributed by atoms with Gasteiger partial charge in [-0.1, -0.05) is 20.3 Å². The van der Waals surface area contributed by atoms with E-state index in [0.717, 1.165) is 6.92 Å². The highest BCUT2D eigenvalue weighted by Crippen LogP contribution is 2.09. The van der Waals surface area contributed by atoms with Crippen LogP contribution in [0.5, 0.6) is 0 Å². The number of amides is 5. The van der Waals surface area contributed by atoms with Gasteiger partial charge in [0.05, 0.1) is 18.8 Å². The fourth-order valence-electron chi connectivity index (χ4n) is 3.30. The molecule has 7 atom stereocenters. The maximum absolute atomic E-state index is 12.9. The van der Waals surface area contributed by atoms with Crippen molar-refractivity contribution in [2.75, 3.05) is 6.61 Å². The molecule has 5 amide bonds. The van der Waals surface area contributed by atoms with E-state index in [1.165, 1.54) is 0 Å². The van der Waals surface area contributed by atoms with Gasteiger partial charge in [0.2, 0.25) is 29.5 Å². The Hall–Kier alpha value is -3.83. The molecule has 0 aliphatic heterocycles. The van der Waals surface area contributed by atoms with Crippen LogP contribution in [0.25, 0.3) is 0 Å². The van der Waals surface area contributed by atoms with E-state index < -0.39 is 103 Å². The summed E-state index contributed by atoms with van der Waals surface area (Å²) in [7, 11) is 0. The predicted octanol–water partition coefficient (Wildman–Crippen LogP) is -4.11. The van der Waals surface area contributed by atoms with Gasteiger partial charge in [0.25, 0.3) is 0 Å². The number of nitrogens with one attached hydrogen (secondary N) is 4. The molecule has 0 aromatic carbocycles. The van der Waals surface area contributed by atoms with Crippen molar-refractivity contribution in [1.29, 1.82) is 0 Å². The number of aliphatic hydroxyl groups is 2. The summed E-state index contributed by atoms with van der Waals surface area (Å²) in [6, 6.07) is -7.50. The minimum Gasteiger partial charge on any atom is -0.481 e. The molecule has 0 fully saturated rings. The molecule has 0 radical (unpaired) electrons. The van der Waals surface area contributed by atoms with E-state index in [1.54, 1.807) is 13.8 Å². The van der Waals surface area contributed by atoms with Gasteiger partial charge in [-0.25, -0.2) is 4.79 Å². The Labute approximate surface area is 230 Å². The van der Waals surface area contributed by atoms with Crippen molar-refractivity contribution in [2.45, 2.75) is 89.2 Å².